The molecule has 22 heavy (non-hydrogen) atoms. The van der Waals surface area contributed by atoms with Gasteiger partial charge in [0.25, 0.3) is 0 Å². The molecule has 1 aliphatic rings. The van der Waals surface area contributed by atoms with Crippen molar-refractivity contribution in [3.63, 3.8) is 0 Å². The van der Waals surface area contributed by atoms with Crippen LogP contribution in [0.25, 0.3) is 16.8 Å². The van der Waals surface area contributed by atoms with Crippen LogP contribution < -0.4 is 14.2 Å². The molecule has 1 aliphatic heterocycles. The Kier molecular flexibility index (Phi) is 3.00. The third-order valence-corrected chi connectivity index (χ3v) is 3.76. The number of fused-ring (bicyclic) bond motifs is 1. The van der Waals surface area contributed by atoms with Crippen molar-refractivity contribution in [2.24, 2.45) is 0 Å². The first-order valence-corrected chi connectivity index (χ1v) is 7.07. The van der Waals surface area contributed by atoms with Crippen molar-refractivity contribution in [1.29, 1.82) is 0 Å². The number of hydrogen-bond acceptors (Lipinski definition) is 3. The molecule has 4 rings (SSSR count). The summed E-state index contributed by atoms with van der Waals surface area (Å²) in [6, 6.07) is 16.0. The molecule has 4 heteroatoms. The Morgan fingerprint density at radius 1 is 1.00 bits per heavy atom. The zero-order chi connectivity index (χ0) is 14.9. The summed E-state index contributed by atoms with van der Waals surface area (Å²) in [6.07, 6.45) is 4.00. The van der Waals surface area contributed by atoms with Crippen LogP contribution in [-0.4, -0.2) is 18.5 Å². The lowest BCUT2D eigenvalue weighted by atomic mass is 10.0. The summed E-state index contributed by atoms with van der Waals surface area (Å²) in [5.41, 5.74) is 3.12. The van der Waals surface area contributed by atoms with E-state index in [0.717, 1.165) is 34.1 Å². The molecule has 0 atom stereocenters. The zero-order valence-corrected chi connectivity index (χ0v) is 12.2. The molecule has 0 N–H and O–H groups in total. The second kappa shape index (κ2) is 5.15. The summed E-state index contributed by atoms with van der Waals surface area (Å²) < 4.78 is 18.6. The van der Waals surface area contributed by atoms with E-state index in [9.17, 15) is 0 Å². The van der Waals surface area contributed by atoms with E-state index in [4.69, 9.17) is 14.2 Å². The first-order valence-electron chi connectivity index (χ1n) is 7.07. The maximum absolute atomic E-state index is 5.70. The monoisotopic (exact) mass is 293 g/mol. The average Bonchev–Trinajstić information content (AvgIpc) is 3.25. The van der Waals surface area contributed by atoms with E-state index >= 15 is 0 Å². The third kappa shape index (κ3) is 2.00. The molecule has 0 amide bonds. The highest BCUT2D eigenvalue weighted by Crippen LogP contribution is 2.43. The molecule has 2 heterocycles. The van der Waals surface area contributed by atoms with Gasteiger partial charge in [0.2, 0.25) is 6.79 Å². The first kappa shape index (κ1) is 12.8. The molecule has 0 bridgehead atoms. The third-order valence-electron chi connectivity index (χ3n) is 3.76. The van der Waals surface area contributed by atoms with Gasteiger partial charge in [0.15, 0.2) is 11.5 Å². The highest BCUT2D eigenvalue weighted by Gasteiger charge is 2.22. The van der Waals surface area contributed by atoms with Gasteiger partial charge in [-0.05, 0) is 42.0 Å². The molecule has 0 fully saturated rings. The van der Waals surface area contributed by atoms with Crippen molar-refractivity contribution < 1.29 is 14.2 Å². The highest BCUT2D eigenvalue weighted by atomic mass is 16.7. The Labute approximate surface area is 128 Å². The summed E-state index contributed by atoms with van der Waals surface area (Å²) in [4.78, 5) is 0. The summed E-state index contributed by atoms with van der Waals surface area (Å²) in [5, 5.41) is 0. The summed E-state index contributed by atoms with van der Waals surface area (Å²) in [6.45, 7) is 0.255. The van der Waals surface area contributed by atoms with Crippen LogP contribution in [0.1, 0.15) is 0 Å². The van der Waals surface area contributed by atoms with Gasteiger partial charge in [-0.25, -0.2) is 0 Å². The SMILES string of the molecule is COc1cccc(-c2ccc3c(c2-n2cccc2)OCO3)c1. The number of hydrogen-bond donors (Lipinski definition) is 0. The Morgan fingerprint density at radius 3 is 2.68 bits per heavy atom. The fourth-order valence-electron chi connectivity index (χ4n) is 2.72. The van der Waals surface area contributed by atoms with Crippen LogP contribution in [0.2, 0.25) is 0 Å². The normalized spacial score (nSPS) is 12.4. The number of aromatic nitrogens is 1. The van der Waals surface area contributed by atoms with Crippen molar-refractivity contribution >= 4 is 0 Å². The van der Waals surface area contributed by atoms with Gasteiger partial charge in [0.1, 0.15) is 5.75 Å². The fourth-order valence-corrected chi connectivity index (χ4v) is 2.72. The second-order valence-electron chi connectivity index (χ2n) is 5.02. The van der Waals surface area contributed by atoms with Gasteiger partial charge < -0.3 is 18.8 Å². The van der Waals surface area contributed by atoms with Gasteiger partial charge in [0, 0.05) is 18.0 Å². The van der Waals surface area contributed by atoms with E-state index in [-0.39, 0.29) is 6.79 Å². The Morgan fingerprint density at radius 2 is 1.86 bits per heavy atom. The average molecular weight is 293 g/mol. The molecule has 3 aromatic rings. The van der Waals surface area contributed by atoms with Gasteiger partial charge in [0.05, 0.1) is 12.8 Å². The van der Waals surface area contributed by atoms with Crippen molar-refractivity contribution in [3.8, 4) is 34.1 Å². The molecule has 0 radical (unpaired) electrons. The van der Waals surface area contributed by atoms with Crippen LogP contribution in [0.3, 0.4) is 0 Å². The summed E-state index contributed by atoms with van der Waals surface area (Å²) in [5.74, 6) is 2.38. The molecule has 0 unspecified atom stereocenters. The van der Waals surface area contributed by atoms with Gasteiger partial charge in [-0.15, -0.1) is 0 Å². The number of nitrogens with zero attached hydrogens (tertiary/aromatic N) is 1. The summed E-state index contributed by atoms with van der Waals surface area (Å²) >= 11 is 0. The van der Waals surface area contributed by atoms with Gasteiger partial charge in [-0.2, -0.15) is 0 Å². The van der Waals surface area contributed by atoms with E-state index in [1.54, 1.807) is 7.11 Å². The number of benzene rings is 2. The predicted octanol–water partition coefficient (Wildman–Crippen LogP) is 3.88. The fraction of sp³-hybridized carbons (Fsp3) is 0.111. The van der Waals surface area contributed by atoms with E-state index in [1.165, 1.54) is 0 Å². The van der Waals surface area contributed by atoms with Gasteiger partial charge in [-0.1, -0.05) is 12.1 Å². The Bertz CT molecular complexity index is 809. The van der Waals surface area contributed by atoms with Crippen molar-refractivity contribution in [2.45, 2.75) is 0 Å². The van der Waals surface area contributed by atoms with Crippen LogP contribution in [0.15, 0.2) is 60.9 Å². The van der Waals surface area contributed by atoms with Gasteiger partial charge >= 0.3 is 0 Å². The van der Waals surface area contributed by atoms with E-state index in [1.807, 2.05) is 53.4 Å². The molecule has 2 aromatic carbocycles. The van der Waals surface area contributed by atoms with E-state index < -0.39 is 0 Å². The van der Waals surface area contributed by atoms with E-state index in [0.29, 0.717) is 0 Å². The molecule has 4 nitrogen and oxygen atoms in total. The van der Waals surface area contributed by atoms with Crippen molar-refractivity contribution in [1.82, 2.24) is 4.57 Å². The molecule has 0 aliphatic carbocycles. The van der Waals surface area contributed by atoms with E-state index in [2.05, 4.69) is 12.1 Å². The maximum atomic E-state index is 5.70. The van der Waals surface area contributed by atoms with Crippen LogP contribution in [-0.2, 0) is 0 Å². The molecule has 0 saturated heterocycles. The Balaban J connectivity index is 1.96. The number of methoxy groups -OCH3 is 1. The minimum absolute atomic E-state index is 0.255. The minimum atomic E-state index is 0.255. The molecule has 1 aromatic heterocycles. The predicted molar refractivity (Wildman–Crippen MR) is 83.9 cm³/mol. The molecule has 110 valence electrons. The molecule has 0 saturated carbocycles. The smallest absolute Gasteiger partial charge is 0.231 e. The van der Waals surface area contributed by atoms with Crippen LogP contribution >= 0.6 is 0 Å². The molecular formula is C18H15NO3. The lowest BCUT2D eigenvalue weighted by molar-refractivity contribution is 0.174. The van der Waals surface area contributed by atoms with Crippen molar-refractivity contribution in [3.05, 3.63) is 60.9 Å². The van der Waals surface area contributed by atoms with Crippen molar-refractivity contribution in [2.75, 3.05) is 13.9 Å². The van der Waals surface area contributed by atoms with Crippen LogP contribution in [0.4, 0.5) is 0 Å². The zero-order valence-electron chi connectivity index (χ0n) is 12.2. The summed E-state index contributed by atoms with van der Waals surface area (Å²) in [7, 11) is 1.67. The largest absolute Gasteiger partial charge is 0.497 e. The quantitative estimate of drug-likeness (QED) is 0.734. The number of rotatable bonds is 3. The lowest BCUT2D eigenvalue weighted by Crippen LogP contribution is -1.98. The molecule has 0 spiro atoms. The maximum Gasteiger partial charge on any atom is 0.231 e. The van der Waals surface area contributed by atoms with Gasteiger partial charge in [-0.3, -0.25) is 0 Å². The lowest BCUT2D eigenvalue weighted by Gasteiger charge is -2.14. The second-order valence-corrected chi connectivity index (χ2v) is 5.02. The minimum Gasteiger partial charge on any atom is -0.497 e. The van der Waals surface area contributed by atoms with Crippen LogP contribution in [0.5, 0.6) is 17.2 Å². The Hall–Kier alpha value is -2.88. The van der Waals surface area contributed by atoms with Crippen LogP contribution in [0, 0.1) is 0 Å². The highest BCUT2D eigenvalue weighted by molar-refractivity contribution is 5.80. The topological polar surface area (TPSA) is 32.6 Å². The molecular weight excluding hydrogens is 278 g/mol. The standard InChI is InChI=1S/C18H15NO3/c1-20-14-6-4-5-13(11-14)15-7-8-16-18(22-12-21-16)17(15)19-9-2-3-10-19/h2-11H,12H2,1H3. The first-order chi connectivity index (χ1) is 10.9. The number of ether oxygens (including phenoxy) is 3.